The highest BCUT2D eigenvalue weighted by molar-refractivity contribution is 5.99. The van der Waals surface area contributed by atoms with E-state index in [0.717, 1.165) is 24.1 Å². The van der Waals surface area contributed by atoms with Crippen LogP contribution in [-0.2, 0) is 4.79 Å². The van der Waals surface area contributed by atoms with Crippen LogP contribution in [0.1, 0.15) is 24.0 Å². The number of hydrogen-bond acceptors (Lipinski definition) is 2. The van der Waals surface area contributed by atoms with Gasteiger partial charge in [0.25, 0.3) is 0 Å². The molecule has 1 saturated carbocycles. The molecule has 0 atom stereocenters. The van der Waals surface area contributed by atoms with Crippen molar-refractivity contribution in [3.8, 4) is 0 Å². The third-order valence-corrected chi connectivity index (χ3v) is 3.73. The Morgan fingerprint density at radius 3 is 2.59 bits per heavy atom. The van der Waals surface area contributed by atoms with Crippen LogP contribution in [0.25, 0.3) is 0 Å². The number of anilines is 1. The molecule has 1 aliphatic carbocycles. The van der Waals surface area contributed by atoms with Crippen molar-refractivity contribution < 1.29 is 4.79 Å². The second kappa shape index (κ2) is 4.15. The van der Waals surface area contributed by atoms with Crippen molar-refractivity contribution in [2.24, 2.45) is 11.1 Å². The van der Waals surface area contributed by atoms with Crippen LogP contribution in [0, 0.1) is 19.3 Å². The third kappa shape index (κ3) is 2.07. The van der Waals surface area contributed by atoms with Crippen LogP contribution >= 0.6 is 0 Å². The highest BCUT2D eigenvalue weighted by Crippen LogP contribution is 2.46. The molecule has 17 heavy (non-hydrogen) atoms. The Hall–Kier alpha value is -1.35. The molecule has 0 spiro atoms. The Bertz CT molecular complexity index is 450. The van der Waals surface area contributed by atoms with Gasteiger partial charge in [0.15, 0.2) is 0 Å². The average Bonchev–Trinajstić information content (AvgIpc) is 3.11. The second-order valence-electron chi connectivity index (χ2n) is 5.14. The van der Waals surface area contributed by atoms with Crippen LogP contribution in [0.15, 0.2) is 18.2 Å². The van der Waals surface area contributed by atoms with E-state index in [4.69, 9.17) is 5.73 Å². The summed E-state index contributed by atoms with van der Waals surface area (Å²) in [7, 11) is 1.85. The maximum absolute atomic E-state index is 12.4. The molecule has 2 rings (SSSR count). The predicted octanol–water partition coefficient (Wildman–Crippen LogP) is 2.01. The minimum Gasteiger partial charge on any atom is -0.329 e. The van der Waals surface area contributed by atoms with Crippen molar-refractivity contribution in [2.75, 3.05) is 18.5 Å². The Balaban J connectivity index is 2.28. The molecule has 0 radical (unpaired) electrons. The van der Waals surface area contributed by atoms with Crippen molar-refractivity contribution in [1.29, 1.82) is 0 Å². The fraction of sp³-hybridized carbons (Fsp3) is 0.500. The highest BCUT2D eigenvalue weighted by Gasteiger charge is 2.50. The van der Waals surface area contributed by atoms with Crippen molar-refractivity contribution in [2.45, 2.75) is 26.7 Å². The van der Waals surface area contributed by atoms with Gasteiger partial charge in [-0.25, -0.2) is 0 Å². The fourth-order valence-corrected chi connectivity index (χ4v) is 2.20. The van der Waals surface area contributed by atoms with Crippen molar-refractivity contribution >= 4 is 11.6 Å². The summed E-state index contributed by atoms with van der Waals surface area (Å²) in [4.78, 5) is 14.1. The first kappa shape index (κ1) is 12.1. The first-order valence-electron chi connectivity index (χ1n) is 6.06. The zero-order chi connectivity index (χ0) is 12.6. The monoisotopic (exact) mass is 232 g/mol. The first-order valence-corrected chi connectivity index (χ1v) is 6.06. The molecule has 1 aromatic carbocycles. The zero-order valence-corrected chi connectivity index (χ0v) is 10.8. The molecule has 1 amide bonds. The van der Waals surface area contributed by atoms with Gasteiger partial charge in [-0.3, -0.25) is 4.79 Å². The quantitative estimate of drug-likeness (QED) is 0.866. The molecule has 1 aliphatic rings. The van der Waals surface area contributed by atoms with E-state index in [9.17, 15) is 4.79 Å². The first-order chi connectivity index (χ1) is 8.00. The van der Waals surface area contributed by atoms with Crippen LogP contribution in [0.3, 0.4) is 0 Å². The summed E-state index contributed by atoms with van der Waals surface area (Å²) >= 11 is 0. The summed E-state index contributed by atoms with van der Waals surface area (Å²) in [5.74, 6) is 0.161. The Morgan fingerprint density at radius 2 is 2.06 bits per heavy atom. The largest absolute Gasteiger partial charge is 0.329 e. The van der Waals surface area contributed by atoms with Crippen molar-refractivity contribution in [3.05, 3.63) is 29.3 Å². The average molecular weight is 232 g/mol. The van der Waals surface area contributed by atoms with Gasteiger partial charge in [0, 0.05) is 19.3 Å². The van der Waals surface area contributed by atoms with E-state index in [1.54, 1.807) is 4.90 Å². The van der Waals surface area contributed by atoms with Gasteiger partial charge in [0.1, 0.15) is 0 Å². The molecule has 0 aliphatic heterocycles. The van der Waals surface area contributed by atoms with Gasteiger partial charge < -0.3 is 10.6 Å². The normalized spacial score (nSPS) is 16.7. The van der Waals surface area contributed by atoms with Gasteiger partial charge in [-0.15, -0.1) is 0 Å². The molecule has 0 bridgehead atoms. The SMILES string of the molecule is Cc1ccc(C)c(N(C)C(=O)C2(CN)CC2)c1. The molecule has 1 fully saturated rings. The smallest absolute Gasteiger partial charge is 0.234 e. The van der Waals surface area contributed by atoms with E-state index in [1.807, 2.05) is 20.9 Å². The standard InChI is InChI=1S/C14H20N2O/c1-10-4-5-11(2)12(8-10)16(3)13(17)14(9-15)6-7-14/h4-5,8H,6-7,9,15H2,1-3H3. The Morgan fingerprint density at radius 1 is 1.41 bits per heavy atom. The van der Waals surface area contributed by atoms with Gasteiger partial charge >= 0.3 is 0 Å². The summed E-state index contributed by atoms with van der Waals surface area (Å²) in [5, 5.41) is 0. The summed E-state index contributed by atoms with van der Waals surface area (Å²) in [5.41, 5.74) is 8.72. The lowest BCUT2D eigenvalue weighted by Gasteiger charge is -2.24. The van der Waals surface area contributed by atoms with E-state index in [1.165, 1.54) is 5.56 Å². The summed E-state index contributed by atoms with van der Waals surface area (Å²) in [6.45, 7) is 4.53. The number of amides is 1. The third-order valence-electron chi connectivity index (χ3n) is 3.73. The number of rotatable bonds is 3. The Kier molecular flexibility index (Phi) is 2.96. The van der Waals surface area contributed by atoms with E-state index in [2.05, 4.69) is 18.2 Å². The lowest BCUT2D eigenvalue weighted by atomic mass is 10.0. The molecule has 0 aromatic heterocycles. The molecule has 92 valence electrons. The number of aryl methyl sites for hydroxylation is 2. The highest BCUT2D eigenvalue weighted by atomic mass is 16.2. The Labute approximate surface area is 103 Å². The summed E-state index contributed by atoms with van der Waals surface area (Å²) in [6.07, 6.45) is 1.86. The maximum atomic E-state index is 12.4. The minimum atomic E-state index is -0.273. The lowest BCUT2D eigenvalue weighted by Crippen LogP contribution is -2.38. The molecule has 0 unspecified atom stereocenters. The summed E-state index contributed by atoms with van der Waals surface area (Å²) in [6, 6.07) is 6.17. The molecule has 2 N–H and O–H groups in total. The second-order valence-corrected chi connectivity index (χ2v) is 5.14. The van der Waals surface area contributed by atoms with Crippen molar-refractivity contribution in [3.63, 3.8) is 0 Å². The van der Waals surface area contributed by atoms with E-state index in [-0.39, 0.29) is 11.3 Å². The predicted molar refractivity (Wildman–Crippen MR) is 70.0 cm³/mol. The molecule has 0 saturated heterocycles. The van der Waals surface area contributed by atoms with Gasteiger partial charge in [0.05, 0.1) is 5.41 Å². The molecular weight excluding hydrogens is 212 g/mol. The van der Waals surface area contributed by atoms with Crippen LogP contribution in [0.2, 0.25) is 0 Å². The summed E-state index contributed by atoms with van der Waals surface area (Å²) < 4.78 is 0. The molecule has 0 heterocycles. The van der Waals surface area contributed by atoms with Gasteiger partial charge in [-0.1, -0.05) is 12.1 Å². The van der Waals surface area contributed by atoms with Crippen molar-refractivity contribution in [1.82, 2.24) is 0 Å². The molecule has 3 nitrogen and oxygen atoms in total. The molecular formula is C14H20N2O. The minimum absolute atomic E-state index is 0.161. The van der Waals surface area contributed by atoms with Crippen LogP contribution in [-0.4, -0.2) is 19.5 Å². The van der Waals surface area contributed by atoms with E-state index in [0.29, 0.717) is 6.54 Å². The number of nitrogens with two attached hydrogens (primary N) is 1. The van der Waals surface area contributed by atoms with Crippen LogP contribution in [0.5, 0.6) is 0 Å². The molecule has 1 aromatic rings. The van der Waals surface area contributed by atoms with Crippen LogP contribution < -0.4 is 10.6 Å². The lowest BCUT2D eigenvalue weighted by molar-refractivity contribution is -0.123. The number of carbonyl (C=O) groups excluding carboxylic acids is 1. The van der Waals surface area contributed by atoms with Gasteiger partial charge in [0.2, 0.25) is 5.91 Å². The number of nitrogens with zero attached hydrogens (tertiary/aromatic N) is 1. The van der Waals surface area contributed by atoms with E-state index >= 15 is 0 Å². The molecule has 3 heteroatoms. The van der Waals surface area contributed by atoms with Gasteiger partial charge in [-0.05, 0) is 43.9 Å². The van der Waals surface area contributed by atoms with Crippen LogP contribution in [0.4, 0.5) is 5.69 Å². The van der Waals surface area contributed by atoms with Gasteiger partial charge in [-0.2, -0.15) is 0 Å². The number of benzene rings is 1. The maximum Gasteiger partial charge on any atom is 0.234 e. The number of hydrogen-bond donors (Lipinski definition) is 1. The fourth-order valence-electron chi connectivity index (χ4n) is 2.20. The zero-order valence-electron chi connectivity index (χ0n) is 10.8. The topological polar surface area (TPSA) is 46.3 Å². The number of carbonyl (C=O) groups is 1. The van der Waals surface area contributed by atoms with E-state index < -0.39 is 0 Å².